The van der Waals surface area contributed by atoms with Crippen molar-refractivity contribution in [1.82, 2.24) is 0 Å². The van der Waals surface area contributed by atoms with Crippen molar-refractivity contribution in [1.29, 1.82) is 0 Å². The number of rotatable bonds is 4. The van der Waals surface area contributed by atoms with E-state index in [9.17, 15) is 4.39 Å². The lowest BCUT2D eigenvalue weighted by atomic mass is 10.1. The minimum absolute atomic E-state index is 0.344. The van der Waals surface area contributed by atoms with Crippen LogP contribution in [0.2, 0.25) is 5.02 Å². The Hall–Kier alpha value is -1.58. The maximum absolute atomic E-state index is 13.7. The van der Waals surface area contributed by atoms with E-state index in [1.165, 1.54) is 6.07 Å². The van der Waals surface area contributed by atoms with E-state index >= 15 is 0 Å². The van der Waals surface area contributed by atoms with Gasteiger partial charge in [-0.25, -0.2) is 4.39 Å². The normalized spacial score (nSPS) is 12.2. The van der Waals surface area contributed by atoms with Gasteiger partial charge >= 0.3 is 0 Å². The standard InChI is InChI=1S/C15H15ClFNO/c1-10(18)15-13(17)3-2-4-14(15)19-9-11-5-7-12(16)8-6-11/h2-8,10H,9,18H2,1H3/t10-/m1/s1. The highest BCUT2D eigenvalue weighted by Gasteiger charge is 2.13. The first kappa shape index (κ1) is 13.8. The van der Waals surface area contributed by atoms with Gasteiger partial charge in [-0.3, -0.25) is 0 Å². The molecule has 0 fully saturated rings. The number of hydrogen-bond donors (Lipinski definition) is 1. The second-order valence-electron chi connectivity index (χ2n) is 4.36. The zero-order valence-electron chi connectivity index (χ0n) is 10.6. The third kappa shape index (κ3) is 3.46. The number of halogens is 2. The average Bonchev–Trinajstić information content (AvgIpc) is 2.37. The summed E-state index contributed by atoms with van der Waals surface area (Å²) in [6, 6.07) is 11.6. The number of hydrogen-bond acceptors (Lipinski definition) is 2. The molecule has 0 aliphatic heterocycles. The number of ether oxygens (including phenoxy) is 1. The summed E-state index contributed by atoms with van der Waals surface area (Å²) in [4.78, 5) is 0. The molecule has 0 radical (unpaired) electrons. The Kier molecular flexibility index (Phi) is 4.40. The molecule has 100 valence electrons. The highest BCUT2D eigenvalue weighted by atomic mass is 35.5. The second kappa shape index (κ2) is 6.04. The third-order valence-electron chi connectivity index (χ3n) is 2.78. The summed E-state index contributed by atoms with van der Waals surface area (Å²) in [6.45, 7) is 2.08. The summed E-state index contributed by atoms with van der Waals surface area (Å²) in [5, 5.41) is 0.672. The van der Waals surface area contributed by atoms with Gasteiger partial charge in [0.1, 0.15) is 18.2 Å². The van der Waals surface area contributed by atoms with Crippen molar-refractivity contribution in [2.45, 2.75) is 19.6 Å². The molecule has 0 saturated carbocycles. The van der Waals surface area contributed by atoms with Gasteiger partial charge in [0.2, 0.25) is 0 Å². The molecule has 2 N–H and O–H groups in total. The summed E-state index contributed by atoms with van der Waals surface area (Å²) in [5.74, 6) is 0.133. The topological polar surface area (TPSA) is 35.2 Å². The molecule has 2 rings (SSSR count). The Morgan fingerprint density at radius 3 is 2.53 bits per heavy atom. The summed E-state index contributed by atoms with van der Waals surface area (Å²) in [6.07, 6.45) is 0. The first-order valence-electron chi connectivity index (χ1n) is 5.99. The zero-order chi connectivity index (χ0) is 13.8. The van der Waals surface area contributed by atoms with Crippen LogP contribution in [0.15, 0.2) is 42.5 Å². The molecule has 2 aromatic rings. The van der Waals surface area contributed by atoms with Gasteiger partial charge in [0.05, 0.1) is 0 Å². The van der Waals surface area contributed by atoms with Crippen LogP contribution in [0.3, 0.4) is 0 Å². The van der Waals surface area contributed by atoms with Gasteiger partial charge in [-0.15, -0.1) is 0 Å². The van der Waals surface area contributed by atoms with E-state index in [4.69, 9.17) is 22.1 Å². The molecule has 0 unspecified atom stereocenters. The predicted molar refractivity (Wildman–Crippen MR) is 74.8 cm³/mol. The van der Waals surface area contributed by atoms with Gasteiger partial charge < -0.3 is 10.5 Å². The van der Waals surface area contributed by atoms with Crippen LogP contribution >= 0.6 is 11.6 Å². The van der Waals surface area contributed by atoms with Crippen molar-refractivity contribution >= 4 is 11.6 Å². The number of nitrogens with two attached hydrogens (primary N) is 1. The van der Waals surface area contributed by atoms with Crippen molar-refractivity contribution in [3.8, 4) is 5.75 Å². The molecule has 4 heteroatoms. The van der Waals surface area contributed by atoms with Crippen LogP contribution in [0.25, 0.3) is 0 Å². The lowest BCUT2D eigenvalue weighted by molar-refractivity contribution is 0.299. The lowest BCUT2D eigenvalue weighted by Gasteiger charge is -2.14. The SMILES string of the molecule is C[C@@H](N)c1c(F)cccc1OCc1ccc(Cl)cc1. The third-order valence-corrected chi connectivity index (χ3v) is 3.03. The predicted octanol–water partition coefficient (Wildman–Crippen LogP) is 4.08. The Balaban J connectivity index is 2.15. The molecule has 0 spiro atoms. The van der Waals surface area contributed by atoms with E-state index in [2.05, 4.69) is 0 Å². The molecule has 0 bridgehead atoms. The van der Waals surface area contributed by atoms with E-state index in [1.807, 2.05) is 12.1 Å². The Morgan fingerprint density at radius 2 is 1.89 bits per heavy atom. The molecule has 0 aromatic heterocycles. The number of benzene rings is 2. The molecule has 0 aliphatic rings. The second-order valence-corrected chi connectivity index (χ2v) is 4.79. The van der Waals surface area contributed by atoms with Crippen molar-refractivity contribution in [3.05, 3.63) is 64.4 Å². The van der Waals surface area contributed by atoms with Gasteiger partial charge in [-0.1, -0.05) is 29.8 Å². The van der Waals surface area contributed by atoms with Crippen molar-refractivity contribution < 1.29 is 9.13 Å². The van der Waals surface area contributed by atoms with E-state index in [-0.39, 0.29) is 5.82 Å². The Morgan fingerprint density at radius 1 is 1.21 bits per heavy atom. The van der Waals surface area contributed by atoms with E-state index < -0.39 is 6.04 Å². The summed E-state index contributed by atoms with van der Waals surface area (Å²) < 4.78 is 19.3. The smallest absolute Gasteiger partial charge is 0.131 e. The first-order chi connectivity index (χ1) is 9.08. The first-order valence-corrected chi connectivity index (χ1v) is 6.37. The van der Waals surface area contributed by atoms with Crippen molar-refractivity contribution in [2.75, 3.05) is 0 Å². The largest absolute Gasteiger partial charge is 0.488 e. The van der Waals surface area contributed by atoms with Gasteiger partial charge in [0, 0.05) is 16.6 Å². The Labute approximate surface area is 117 Å². The van der Waals surface area contributed by atoms with Crippen LogP contribution in [0.1, 0.15) is 24.1 Å². The van der Waals surface area contributed by atoms with Crippen LogP contribution in [0, 0.1) is 5.82 Å². The van der Waals surface area contributed by atoms with Crippen LogP contribution in [0.5, 0.6) is 5.75 Å². The highest BCUT2D eigenvalue weighted by Crippen LogP contribution is 2.27. The summed E-state index contributed by atoms with van der Waals surface area (Å²) in [7, 11) is 0. The zero-order valence-corrected chi connectivity index (χ0v) is 11.3. The van der Waals surface area contributed by atoms with Gasteiger partial charge in [0.15, 0.2) is 0 Å². The van der Waals surface area contributed by atoms with Crippen LogP contribution in [0.4, 0.5) is 4.39 Å². The summed E-state index contributed by atoms with van der Waals surface area (Å²) >= 11 is 5.81. The van der Waals surface area contributed by atoms with Gasteiger partial charge in [-0.2, -0.15) is 0 Å². The fourth-order valence-corrected chi connectivity index (χ4v) is 1.95. The minimum atomic E-state index is -0.415. The van der Waals surface area contributed by atoms with Gasteiger partial charge in [0.25, 0.3) is 0 Å². The monoisotopic (exact) mass is 279 g/mol. The quantitative estimate of drug-likeness (QED) is 0.915. The summed E-state index contributed by atoms with van der Waals surface area (Å²) in [5.41, 5.74) is 7.13. The van der Waals surface area contributed by atoms with E-state index in [0.29, 0.717) is 22.9 Å². The molecule has 19 heavy (non-hydrogen) atoms. The molecule has 0 saturated heterocycles. The molecule has 0 heterocycles. The Bertz CT molecular complexity index is 555. The lowest BCUT2D eigenvalue weighted by Crippen LogP contribution is -2.10. The maximum Gasteiger partial charge on any atom is 0.131 e. The fraction of sp³-hybridized carbons (Fsp3) is 0.200. The average molecular weight is 280 g/mol. The molecular weight excluding hydrogens is 265 g/mol. The maximum atomic E-state index is 13.7. The molecule has 2 nitrogen and oxygen atoms in total. The molecule has 1 atom stereocenters. The molecule has 0 amide bonds. The molecular formula is C15H15ClFNO. The van der Waals surface area contributed by atoms with E-state index in [1.54, 1.807) is 31.2 Å². The van der Waals surface area contributed by atoms with Crippen LogP contribution < -0.4 is 10.5 Å². The van der Waals surface area contributed by atoms with Crippen LogP contribution in [-0.4, -0.2) is 0 Å². The van der Waals surface area contributed by atoms with Crippen LogP contribution in [-0.2, 0) is 6.61 Å². The molecule has 0 aliphatic carbocycles. The molecule has 2 aromatic carbocycles. The van der Waals surface area contributed by atoms with Gasteiger partial charge in [-0.05, 0) is 36.8 Å². The fourth-order valence-electron chi connectivity index (χ4n) is 1.83. The van der Waals surface area contributed by atoms with E-state index in [0.717, 1.165) is 5.56 Å². The van der Waals surface area contributed by atoms with Crippen molar-refractivity contribution in [3.63, 3.8) is 0 Å². The highest BCUT2D eigenvalue weighted by molar-refractivity contribution is 6.30. The van der Waals surface area contributed by atoms with Crippen molar-refractivity contribution in [2.24, 2.45) is 5.73 Å². The minimum Gasteiger partial charge on any atom is -0.488 e.